The molecule has 0 spiro atoms. The Hall–Kier alpha value is -0.850. The van der Waals surface area contributed by atoms with E-state index in [-0.39, 0.29) is 11.7 Å². The zero-order valence-corrected chi connectivity index (χ0v) is 7.13. The van der Waals surface area contributed by atoms with E-state index in [1.807, 2.05) is 6.08 Å². The zero-order valence-electron chi connectivity index (χ0n) is 7.13. The van der Waals surface area contributed by atoms with Crippen molar-refractivity contribution in [2.75, 3.05) is 0 Å². The first-order chi connectivity index (χ1) is 5.29. The predicted molar refractivity (Wildman–Crippen MR) is 46.3 cm³/mol. The highest BCUT2D eigenvalue weighted by molar-refractivity contribution is 5.95. The highest BCUT2D eigenvalue weighted by Crippen LogP contribution is 2.22. The number of allylic oxidation sites excluding steroid dienone is 4. The molecular weight excluding hydrogens is 136 g/mol. The minimum atomic E-state index is 0.171. The lowest BCUT2D eigenvalue weighted by molar-refractivity contribution is -0.117. The van der Waals surface area contributed by atoms with E-state index in [1.165, 1.54) is 5.57 Å². The Balaban J connectivity index is 2.81. The van der Waals surface area contributed by atoms with Gasteiger partial charge in [-0.15, -0.1) is 0 Å². The van der Waals surface area contributed by atoms with Crippen LogP contribution < -0.4 is 0 Å². The van der Waals surface area contributed by atoms with Crippen LogP contribution in [0.4, 0.5) is 0 Å². The second-order valence-electron chi connectivity index (χ2n) is 2.82. The number of carbonyl (C=O) groups is 1. The lowest BCUT2D eigenvalue weighted by Crippen LogP contribution is -2.15. The molecule has 60 valence electrons. The predicted octanol–water partition coefficient (Wildman–Crippen LogP) is 2.49. The van der Waals surface area contributed by atoms with Gasteiger partial charge in [0.1, 0.15) is 0 Å². The molecule has 1 heteroatoms. The van der Waals surface area contributed by atoms with E-state index in [1.54, 1.807) is 6.08 Å². The first kappa shape index (κ1) is 8.25. The Labute approximate surface area is 67.8 Å². The molecule has 0 aromatic heterocycles. The minimum absolute atomic E-state index is 0.171. The largest absolute Gasteiger partial charge is 0.294 e. The maximum atomic E-state index is 11.3. The molecule has 0 radical (unpaired) electrons. The molecule has 1 nitrogen and oxygen atoms in total. The Morgan fingerprint density at radius 1 is 1.45 bits per heavy atom. The van der Waals surface area contributed by atoms with Gasteiger partial charge < -0.3 is 0 Å². The fourth-order valence-electron chi connectivity index (χ4n) is 1.51. The van der Waals surface area contributed by atoms with Crippen molar-refractivity contribution in [2.45, 2.75) is 26.7 Å². The van der Waals surface area contributed by atoms with Gasteiger partial charge in [-0.1, -0.05) is 31.6 Å². The quantitative estimate of drug-likeness (QED) is 0.591. The number of hydrogen-bond acceptors (Lipinski definition) is 1. The van der Waals surface area contributed by atoms with Crippen LogP contribution in [0.15, 0.2) is 23.8 Å². The first-order valence-electron chi connectivity index (χ1n) is 4.20. The monoisotopic (exact) mass is 150 g/mol. The van der Waals surface area contributed by atoms with E-state index in [9.17, 15) is 4.79 Å². The maximum Gasteiger partial charge on any atom is 0.162 e. The average Bonchev–Trinajstić information content (AvgIpc) is 2.04. The molecule has 0 N–H and O–H groups in total. The summed E-state index contributed by atoms with van der Waals surface area (Å²) in [6, 6.07) is 0. The zero-order chi connectivity index (χ0) is 8.27. The number of ketones is 1. The number of hydrogen-bond donors (Lipinski definition) is 0. The summed E-state index contributed by atoms with van der Waals surface area (Å²) in [5.74, 6) is 0.442. The van der Waals surface area contributed by atoms with E-state index in [2.05, 4.69) is 19.9 Å². The summed E-state index contributed by atoms with van der Waals surface area (Å²) < 4.78 is 0. The molecule has 0 aromatic carbocycles. The molecule has 1 rings (SSSR count). The molecule has 1 atom stereocenters. The lowest BCUT2D eigenvalue weighted by atomic mass is 9.87. The van der Waals surface area contributed by atoms with Crippen molar-refractivity contribution in [1.82, 2.24) is 0 Å². The van der Waals surface area contributed by atoms with Crippen LogP contribution in [0.1, 0.15) is 26.7 Å². The van der Waals surface area contributed by atoms with E-state index in [0.29, 0.717) is 0 Å². The highest BCUT2D eigenvalue weighted by atomic mass is 16.1. The summed E-state index contributed by atoms with van der Waals surface area (Å²) in [5, 5.41) is 0. The molecule has 1 aliphatic rings. The minimum Gasteiger partial charge on any atom is -0.294 e. The molecule has 0 aromatic rings. The Bertz CT molecular complexity index is 211. The van der Waals surface area contributed by atoms with Gasteiger partial charge >= 0.3 is 0 Å². The van der Waals surface area contributed by atoms with Crippen LogP contribution in [-0.2, 0) is 4.79 Å². The van der Waals surface area contributed by atoms with E-state index in [4.69, 9.17) is 0 Å². The fourth-order valence-corrected chi connectivity index (χ4v) is 1.51. The van der Waals surface area contributed by atoms with Crippen LogP contribution in [0.25, 0.3) is 0 Å². The van der Waals surface area contributed by atoms with E-state index < -0.39 is 0 Å². The van der Waals surface area contributed by atoms with Crippen LogP contribution >= 0.6 is 0 Å². The maximum absolute atomic E-state index is 11.3. The number of carbonyl (C=O) groups excluding carboxylic acids is 1. The second-order valence-corrected chi connectivity index (χ2v) is 2.82. The standard InChI is InChI=1S/C10H14O/c1-3-8-6-5-7-10(11)9(8)4-2/h5-7,9H,3-4H2,1-2H3. The van der Waals surface area contributed by atoms with Gasteiger partial charge in [0, 0.05) is 5.92 Å². The molecular formula is C10H14O. The van der Waals surface area contributed by atoms with Crippen LogP contribution in [0.5, 0.6) is 0 Å². The summed E-state index contributed by atoms with van der Waals surface area (Å²) in [5.41, 5.74) is 1.28. The first-order valence-corrected chi connectivity index (χ1v) is 4.20. The molecule has 0 fully saturated rings. The summed E-state index contributed by atoms with van der Waals surface area (Å²) in [7, 11) is 0. The van der Waals surface area contributed by atoms with Gasteiger partial charge in [0.15, 0.2) is 5.78 Å². The average molecular weight is 150 g/mol. The van der Waals surface area contributed by atoms with Crippen molar-refractivity contribution in [3.63, 3.8) is 0 Å². The second kappa shape index (κ2) is 3.51. The topological polar surface area (TPSA) is 17.1 Å². The molecule has 0 saturated heterocycles. The SMILES string of the molecule is CCC1=CC=CC(=O)C1CC. The van der Waals surface area contributed by atoms with Gasteiger partial charge in [-0.25, -0.2) is 0 Å². The summed E-state index contributed by atoms with van der Waals surface area (Å²) in [6.45, 7) is 4.16. The highest BCUT2D eigenvalue weighted by Gasteiger charge is 2.18. The Morgan fingerprint density at radius 3 is 2.64 bits per heavy atom. The third kappa shape index (κ3) is 1.59. The molecule has 0 amide bonds. The van der Waals surface area contributed by atoms with Crippen LogP contribution in [-0.4, -0.2) is 5.78 Å². The smallest absolute Gasteiger partial charge is 0.162 e. The van der Waals surface area contributed by atoms with Crippen LogP contribution in [0.2, 0.25) is 0 Å². The molecule has 0 saturated carbocycles. The summed E-state index contributed by atoms with van der Waals surface area (Å²) in [4.78, 5) is 11.3. The third-order valence-electron chi connectivity index (χ3n) is 2.18. The summed E-state index contributed by atoms with van der Waals surface area (Å²) >= 11 is 0. The molecule has 11 heavy (non-hydrogen) atoms. The van der Waals surface area contributed by atoms with Crippen molar-refractivity contribution in [2.24, 2.45) is 5.92 Å². The van der Waals surface area contributed by atoms with Crippen molar-refractivity contribution in [3.8, 4) is 0 Å². The van der Waals surface area contributed by atoms with E-state index >= 15 is 0 Å². The molecule has 1 unspecified atom stereocenters. The van der Waals surface area contributed by atoms with Gasteiger partial charge in [0.2, 0.25) is 0 Å². The van der Waals surface area contributed by atoms with Crippen molar-refractivity contribution in [1.29, 1.82) is 0 Å². The molecule has 1 aliphatic carbocycles. The van der Waals surface area contributed by atoms with Gasteiger partial charge in [0.25, 0.3) is 0 Å². The lowest BCUT2D eigenvalue weighted by Gasteiger charge is -2.16. The van der Waals surface area contributed by atoms with Crippen molar-refractivity contribution >= 4 is 5.78 Å². The molecule has 0 heterocycles. The van der Waals surface area contributed by atoms with Gasteiger partial charge in [0.05, 0.1) is 0 Å². The Kier molecular flexibility index (Phi) is 2.64. The third-order valence-corrected chi connectivity index (χ3v) is 2.18. The molecule has 0 bridgehead atoms. The van der Waals surface area contributed by atoms with Crippen LogP contribution in [0.3, 0.4) is 0 Å². The van der Waals surface area contributed by atoms with Gasteiger partial charge in [-0.3, -0.25) is 4.79 Å². The van der Waals surface area contributed by atoms with Gasteiger partial charge in [-0.05, 0) is 18.9 Å². The van der Waals surface area contributed by atoms with Crippen molar-refractivity contribution < 1.29 is 4.79 Å². The van der Waals surface area contributed by atoms with Crippen molar-refractivity contribution in [3.05, 3.63) is 23.8 Å². The Morgan fingerprint density at radius 2 is 2.18 bits per heavy atom. The summed E-state index contributed by atoms with van der Waals surface area (Å²) in [6.07, 6.45) is 7.52. The fraction of sp³-hybridized carbons (Fsp3) is 0.500. The molecule has 0 aliphatic heterocycles. The normalized spacial score (nSPS) is 23.6. The van der Waals surface area contributed by atoms with Gasteiger partial charge in [-0.2, -0.15) is 0 Å². The number of rotatable bonds is 2. The van der Waals surface area contributed by atoms with E-state index in [0.717, 1.165) is 12.8 Å². The van der Waals surface area contributed by atoms with Crippen LogP contribution in [0, 0.1) is 5.92 Å².